The number of benzene rings is 3. The molecule has 5 nitrogen and oxygen atoms in total. The van der Waals surface area contributed by atoms with Gasteiger partial charge in [-0.1, -0.05) is 70.0 Å². The van der Waals surface area contributed by atoms with Crippen LogP contribution in [-0.2, 0) is 11.4 Å². The van der Waals surface area contributed by atoms with E-state index in [-0.39, 0.29) is 5.91 Å². The summed E-state index contributed by atoms with van der Waals surface area (Å²) in [5, 5.41) is 6.19. The molecule has 3 aromatic rings. The van der Waals surface area contributed by atoms with Gasteiger partial charge in [-0.2, -0.15) is 10.1 Å². The van der Waals surface area contributed by atoms with E-state index in [1.807, 2.05) is 54.6 Å². The fourth-order valence-corrected chi connectivity index (χ4v) is 3.95. The monoisotopic (exact) mass is 510 g/mol. The number of amides is 1. The minimum Gasteiger partial charge on any atom is -0.493 e. The molecule has 0 radical (unpaired) electrons. The molecule has 0 aliphatic carbocycles. The quantitative estimate of drug-likeness (QED) is 0.355. The van der Waals surface area contributed by atoms with Gasteiger partial charge in [0, 0.05) is 4.47 Å². The van der Waals surface area contributed by atoms with Gasteiger partial charge in [-0.05, 0) is 48.4 Å². The Bertz CT molecular complexity index is 1230. The van der Waals surface area contributed by atoms with E-state index in [0.717, 1.165) is 15.6 Å². The van der Waals surface area contributed by atoms with Crippen molar-refractivity contribution in [3.63, 3.8) is 0 Å². The van der Waals surface area contributed by atoms with Crippen molar-refractivity contribution in [3.8, 4) is 11.5 Å². The van der Waals surface area contributed by atoms with Crippen molar-refractivity contribution in [2.75, 3.05) is 12.1 Å². The summed E-state index contributed by atoms with van der Waals surface area (Å²) >= 11 is 9.85. The van der Waals surface area contributed by atoms with Crippen LogP contribution in [0.15, 0.2) is 81.9 Å². The summed E-state index contributed by atoms with van der Waals surface area (Å²) in [7, 11) is 1.59. The zero-order chi connectivity index (χ0) is 22.7. The number of nitrogens with zero attached hydrogens (tertiary/aromatic N) is 2. The maximum absolute atomic E-state index is 13.1. The number of para-hydroxylation sites is 1. The van der Waals surface area contributed by atoms with E-state index in [1.54, 1.807) is 32.2 Å². The molecule has 1 amide bonds. The molecule has 0 fully saturated rings. The molecule has 0 unspecified atom stereocenters. The molecule has 0 atom stereocenters. The van der Waals surface area contributed by atoms with Gasteiger partial charge in [0.15, 0.2) is 11.5 Å². The van der Waals surface area contributed by atoms with Gasteiger partial charge in [0.2, 0.25) is 0 Å². The first-order chi connectivity index (χ1) is 15.5. The summed E-state index contributed by atoms with van der Waals surface area (Å²) < 4.78 is 12.3. The van der Waals surface area contributed by atoms with Crippen molar-refractivity contribution in [1.82, 2.24) is 0 Å². The summed E-state index contributed by atoms with van der Waals surface area (Å²) in [5.74, 6) is 0.927. The average molecular weight is 512 g/mol. The highest BCUT2D eigenvalue weighted by Gasteiger charge is 2.30. The number of ether oxygens (including phenoxy) is 2. The topological polar surface area (TPSA) is 51.1 Å². The molecule has 4 rings (SSSR count). The third kappa shape index (κ3) is 4.56. The maximum Gasteiger partial charge on any atom is 0.280 e. The Hall–Kier alpha value is -3.09. The third-order valence-corrected chi connectivity index (χ3v) is 5.97. The highest BCUT2D eigenvalue weighted by Crippen LogP contribution is 2.36. The van der Waals surface area contributed by atoms with Crippen molar-refractivity contribution in [2.24, 2.45) is 5.10 Å². The predicted molar refractivity (Wildman–Crippen MR) is 131 cm³/mol. The van der Waals surface area contributed by atoms with Gasteiger partial charge in [-0.15, -0.1) is 0 Å². The van der Waals surface area contributed by atoms with Crippen LogP contribution in [0.5, 0.6) is 11.5 Å². The number of carbonyl (C=O) groups excluding carboxylic acids is 1. The fourth-order valence-electron chi connectivity index (χ4n) is 3.30. The second kappa shape index (κ2) is 9.59. The molecular weight excluding hydrogens is 492 g/mol. The molecule has 0 saturated carbocycles. The summed E-state index contributed by atoms with van der Waals surface area (Å²) in [6.07, 6.45) is 1.78. The Morgan fingerprint density at radius 3 is 2.50 bits per heavy atom. The molecule has 0 aromatic heterocycles. The van der Waals surface area contributed by atoms with Crippen LogP contribution in [0.2, 0.25) is 5.02 Å². The minimum absolute atomic E-state index is 0.245. The van der Waals surface area contributed by atoms with E-state index >= 15 is 0 Å². The molecule has 1 aliphatic rings. The molecule has 1 heterocycles. The van der Waals surface area contributed by atoms with Gasteiger partial charge in [-0.3, -0.25) is 4.79 Å². The van der Waals surface area contributed by atoms with E-state index < -0.39 is 0 Å². The van der Waals surface area contributed by atoms with Gasteiger partial charge in [0.25, 0.3) is 5.91 Å². The van der Waals surface area contributed by atoms with Crippen molar-refractivity contribution in [2.45, 2.75) is 13.5 Å². The van der Waals surface area contributed by atoms with Crippen LogP contribution in [0.3, 0.4) is 0 Å². The summed E-state index contributed by atoms with van der Waals surface area (Å²) in [5.41, 5.74) is 3.45. The summed E-state index contributed by atoms with van der Waals surface area (Å²) in [6.45, 7) is 2.21. The lowest BCUT2D eigenvalue weighted by Crippen LogP contribution is -2.21. The first kappa shape index (κ1) is 22.1. The van der Waals surface area contributed by atoms with Gasteiger partial charge in [0.1, 0.15) is 6.61 Å². The molecule has 0 bridgehead atoms. The number of carbonyl (C=O) groups is 1. The van der Waals surface area contributed by atoms with Gasteiger partial charge >= 0.3 is 0 Å². The zero-order valence-electron chi connectivity index (χ0n) is 17.5. The number of methoxy groups -OCH3 is 1. The lowest BCUT2D eigenvalue weighted by Gasteiger charge is -2.14. The number of hydrazone groups is 1. The van der Waals surface area contributed by atoms with Crippen LogP contribution in [0.1, 0.15) is 18.1 Å². The molecule has 162 valence electrons. The molecule has 32 heavy (non-hydrogen) atoms. The van der Waals surface area contributed by atoms with Crippen LogP contribution in [0.4, 0.5) is 5.69 Å². The van der Waals surface area contributed by atoms with Crippen molar-refractivity contribution >= 4 is 50.9 Å². The first-order valence-corrected chi connectivity index (χ1v) is 11.1. The Kier molecular flexibility index (Phi) is 6.63. The normalized spacial score (nSPS) is 14.6. The summed E-state index contributed by atoms with van der Waals surface area (Å²) in [6, 6.07) is 20.7. The predicted octanol–water partition coefficient (Wildman–Crippen LogP) is 6.50. The Morgan fingerprint density at radius 1 is 1.06 bits per heavy atom. The summed E-state index contributed by atoms with van der Waals surface area (Å²) in [4.78, 5) is 13.1. The fraction of sp³-hybridized carbons (Fsp3) is 0.120. The van der Waals surface area contributed by atoms with Crippen molar-refractivity contribution in [3.05, 3.63) is 92.9 Å². The van der Waals surface area contributed by atoms with E-state index in [9.17, 15) is 4.79 Å². The second-order valence-electron chi connectivity index (χ2n) is 7.11. The second-order valence-corrected chi connectivity index (χ2v) is 8.37. The third-order valence-electron chi connectivity index (χ3n) is 4.96. The maximum atomic E-state index is 13.1. The molecule has 0 N–H and O–H groups in total. The molecule has 3 aromatic carbocycles. The van der Waals surface area contributed by atoms with Gasteiger partial charge in [0.05, 0.1) is 29.1 Å². The van der Waals surface area contributed by atoms with Crippen molar-refractivity contribution < 1.29 is 14.3 Å². The van der Waals surface area contributed by atoms with E-state index in [4.69, 9.17) is 21.1 Å². The number of rotatable bonds is 6. The Balaban J connectivity index is 1.62. The van der Waals surface area contributed by atoms with E-state index in [2.05, 4.69) is 21.0 Å². The van der Waals surface area contributed by atoms with Crippen LogP contribution < -0.4 is 14.5 Å². The highest BCUT2D eigenvalue weighted by molar-refractivity contribution is 9.10. The standard InChI is InChI=1S/C25H20BrClN2O3/c1-16-19(25(30)29(28-16)22-11-7-6-10-21(22)27)12-18-13-23(31-2)24(14-20(18)26)32-15-17-8-4-3-5-9-17/h3-14H,15H2,1-2H3/b19-12-. The molecule has 7 heteroatoms. The molecule has 0 spiro atoms. The number of hydrogen-bond donors (Lipinski definition) is 0. The van der Waals surface area contributed by atoms with E-state index in [1.165, 1.54) is 5.01 Å². The molecular formula is C25H20BrClN2O3. The number of hydrogen-bond acceptors (Lipinski definition) is 4. The first-order valence-electron chi connectivity index (χ1n) is 9.88. The van der Waals surface area contributed by atoms with Crippen LogP contribution in [0.25, 0.3) is 6.08 Å². The SMILES string of the molecule is COc1cc(/C=C2\C(=O)N(c3ccccc3Cl)N=C2C)c(Br)cc1OCc1ccccc1. The zero-order valence-corrected chi connectivity index (χ0v) is 19.9. The molecule has 0 saturated heterocycles. The lowest BCUT2D eigenvalue weighted by atomic mass is 10.1. The Morgan fingerprint density at radius 2 is 1.78 bits per heavy atom. The van der Waals surface area contributed by atoms with Crippen LogP contribution in [-0.4, -0.2) is 18.7 Å². The average Bonchev–Trinajstić information content (AvgIpc) is 3.08. The molecule has 1 aliphatic heterocycles. The highest BCUT2D eigenvalue weighted by atomic mass is 79.9. The van der Waals surface area contributed by atoms with Crippen molar-refractivity contribution in [1.29, 1.82) is 0 Å². The Labute approximate surface area is 200 Å². The van der Waals surface area contributed by atoms with Crippen LogP contribution in [0, 0.1) is 0 Å². The van der Waals surface area contributed by atoms with E-state index in [0.29, 0.717) is 40.1 Å². The lowest BCUT2D eigenvalue weighted by molar-refractivity contribution is -0.114. The van der Waals surface area contributed by atoms with Gasteiger partial charge in [-0.25, -0.2) is 0 Å². The largest absolute Gasteiger partial charge is 0.493 e. The van der Waals surface area contributed by atoms with Gasteiger partial charge < -0.3 is 9.47 Å². The smallest absolute Gasteiger partial charge is 0.280 e. The number of halogens is 2. The minimum atomic E-state index is -0.245. The van der Waals surface area contributed by atoms with Crippen LogP contribution >= 0.6 is 27.5 Å². The number of anilines is 1.